The highest BCUT2D eigenvalue weighted by Crippen LogP contribution is 2.35. The first kappa shape index (κ1) is 24.2. The van der Waals surface area contributed by atoms with Crippen molar-refractivity contribution in [3.8, 4) is 0 Å². The fraction of sp³-hybridized carbons (Fsp3) is 0.654. The Balaban J connectivity index is 1.33. The van der Waals surface area contributed by atoms with E-state index < -0.39 is 11.6 Å². The highest BCUT2D eigenvalue weighted by Gasteiger charge is 2.55. The van der Waals surface area contributed by atoms with Crippen LogP contribution in [-0.4, -0.2) is 105 Å². The summed E-state index contributed by atoms with van der Waals surface area (Å²) in [6.07, 6.45) is 3.63. The monoisotopic (exact) mass is 483 g/mol. The number of anilines is 1. The fourth-order valence-corrected chi connectivity index (χ4v) is 6.12. The largest absolute Gasteiger partial charge is 0.369 e. The van der Waals surface area contributed by atoms with Gasteiger partial charge >= 0.3 is 0 Å². The molecule has 0 unspecified atom stereocenters. The van der Waals surface area contributed by atoms with Gasteiger partial charge in [-0.05, 0) is 51.2 Å². The van der Waals surface area contributed by atoms with Gasteiger partial charge in [0.05, 0.1) is 6.04 Å². The van der Waals surface area contributed by atoms with Crippen LogP contribution in [0.4, 0.5) is 5.69 Å². The van der Waals surface area contributed by atoms with Crippen molar-refractivity contribution in [2.45, 2.75) is 55.8 Å². The van der Waals surface area contributed by atoms with Crippen LogP contribution < -0.4 is 15.5 Å². The average Bonchev–Trinajstić information content (AvgIpc) is 3.45. The highest BCUT2D eigenvalue weighted by atomic mass is 16.5. The number of Topliss-reactive ketones (excluding diaryl/α,β-unsaturated/α-hetero) is 1. The maximum Gasteiger partial charge on any atom is 0.252 e. The first-order valence-corrected chi connectivity index (χ1v) is 12.9. The number of likely N-dealkylation sites (N-methyl/N-ethyl adjacent to an activating group) is 2. The second kappa shape index (κ2) is 9.87. The average molecular weight is 484 g/mol. The van der Waals surface area contributed by atoms with Gasteiger partial charge in [-0.3, -0.25) is 14.4 Å². The van der Waals surface area contributed by atoms with E-state index in [0.29, 0.717) is 24.9 Å². The Hall–Kier alpha value is -2.49. The Morgan fingerprint density at radius 3 is 2.37 bits per heavy atom. The second-order valence-electron chi connectivity index (χ2n) is 10.5. The van der Waals surface area contributed by atoms with Crippen molar-refractivity contribution in [2.24, 2.45) is 0 Å². The number of nitrogens with zero attached hydrogens (tertiary/aromatic N) is 3. The summed E-state index contributed by atoms with van der Waals surface area (Å²) < 4.78 is 5.71. The van der Waals surface area contributed by atoms with E-state index in [0.717, 1.165) is 51.1 Å². The van der Waals surface area contributed by atoms with Gasteiger partial charge < -0.3 is 30.1 Å². The molecule has 5 rings (SSSR count). The Kier molecular flexibility index (Phi) is 6.83. The van der Waals surface area contributed by atoms with E-state index in [1.165, 1.54) is 0 Å². The zero-order chi connectivity index (χ0) is 24.6. The van der Waals surface area contributed by atoms with Crippen LogP contribution in [0, 0.1) is 0 Å². The summed E-state index contributed by atoms with van der Waals surface area (Å²) in [5, 5.41) is 6.33. The van der Waals surface area contributed by atoms with Crippen molar-refractivity contribution in [3.05, 3.63) is 29.8 Å². The van der Waals surface area contributed by atoms with Crippen molar-refractivity contribution in [3.63, 3.8) is 0 Å². The molecular weight excluding hydrogens is 446 g/mol. The van der Waals surface area contributed by atoms with Gasteiger partial charge in [-0.15, -0.1) is 0 Å². The Morgan fingerprint density at radius 2 is 1.71 bits per heavy atom. The Morgan fingerprint density at radius 1 is 1.03 bits per heavy atom. The predicted octanol–water partition coefficient (Wildman–Crippen LogP) is 0.638. The van der Waals surface area contributed by atoms with Gasteiger partial charge in [0.1, 0.15) is 24.3 Å². The smallest absolute Gasteiger partial charge is 0.252 e. The number of fused-ring (bicyclic) bond motifs is 1. The van der Waals surface area contributed by atoms with Gasteiger partial charge in [-0.1, -0.05) is 19.3 Å². The maximum absolute atomic E-state index is 14.0. The number of piperazine rings is 1. The van der Waals surface area contributed by atoms with Crippen LogP contribution in [0.25, 0.3) is 0 Å². The molecule has 0 spiro atoms. The molecule has 1 saturated carbocycles. The lowest BCUT2D eigenvalue weighted by atomic mass is 9.80. The van der Waals surface area contributed by atoms with E-state index in [2.05, 4.69) is 27.5 Å². The van der Waals surface area contributed by atoms with E-state index in [9.17, 15) is 14.4 Å². The van der Waals surface area contributed by atoms with Gasteiger partial charge in [0, 0.05) is 44.0 Å². The van der Waals surface area contributed by atoms with Crippen LogP contribution in [-0.2, 0) is 14.3 Å². The summed E-state index contributed by atoms with van der Waals surface area (Å²) in [4.78, 5) is 46.3. The van der Waals surface area contributed by atoms with E-state index in [-0.39, 0.29) is 36.4 Å². The van der Waals surface area contributed by atoms with Crippen LogP contribution in [0.2, 0.25) is 0 Å². The zero-order valence-electron chi connectivity index (χ0n) is 20.8. The van der Waals surface area contributed by atoms with Gasteiger partial charge in [-0.2, -0.15) is 0 Å². The first-order chi connectivity index (χ1) is 16.9. The van der Waals surface area contributed by atoms with Gasteiger partial charge in [0.2, 0.25) is 5.91 Å². The highest BCUT2D eigenvalue weighted by molar-refractivity contribution is 6.01. The van der Waals surface area contributed by atoms with Crippen molar-refractivity contribution in [2.75, 3.05) is 58.3 Å². The predicted molar refractivity (Wildman–Crippen MR) is 133 cm³/mol. The van der Waals surface area contributed by atoms with Crippen LogP contribution in [0.3, 0.4) is 0 Å². The molecule has 3 atom stereocenters. The molecule has 9 nitrogen and oxygen atoms in total. The molecule has 35 heavy (non-hydrogen) atoms. The lowest BCUT2D eigenvalue weighted by Gasteiger charge is -2.40. The second-order valence-corrected chi connectivity index (χ2v) is 10.5. The molecule has 0 aromatic heterocycles. The lowest BCUT2D eigenvalue weighted by Crippen LogP contribution is -2.62. The van der Waals surface area contributed by atoms with Crippen molar-refractivity contribution >= 4 is 23.3 Å². The summed E-state index contributed by atoms with van der Waals surface area (Å²) in [7, 11) is 3.95. The molecule has 190 valence electrons. The molecule has 4 fully saturated rings. The molecule has 0 radical (unpaired) electrons. The van der Waals surface area contributed by atoms with Crippen LogP contribution in [0.15, 0.2) is 24.3 Å². The quantitative estimate of drug-likeness (QED) is 0.635. The van der Waals surface area contributed by atoms with Crippen LogP contribution in [0.1, 0.15) is 42.5 Å². The minimum Gasteiger partial charge on any atom is -0.369 e. The first-order valence-electron chi connectivity index (χ1n) is 12.9. The zero-order valence-corrected chi connectivity index (χ0v) is 20.8. The third-order valence-electron chi connectivity index (χ3n) is 8.28. The fourth-order valence-electron chi connectivity index (χ4n) is 6.12. The molecule has 3 saturated heterocycles. The van der Waals surface area contributed by atoms with E-state index >= 15 is 0 Å². The molecule has 3 heterocycles. The van der Waals surface area contributed by atoms with E-state index in [1.54, 1.807) is 4.90 Å². The number of carbonyl (C=O) groups excluding carboxylic acids is 3. The third-order valence-corrected chi connectivity index (χ3v) is 8.28. The number of hydrogen-bond donors (Lipinski definition) is 2. The van der Waals surface area contributed by atoms with Crippen LogP contribution >= 0.6 is 0 Å². The van der Waals surface area contributed by atoms with Gasteiger partial charge in [0.15, 0.2) is 5.78 Å². The number of likely N-dealkylation sites (tertiary alicyclic amines) is 1. The molecule has 2 N–H and O–H groups in total. The molecule has 1 aromatic carbocycles. The number of nitrogens with one attached hydrogen (secondary N) is 2. The molecule has 0 bridgehead atoms. The SMILES string of the molecule is CN[C@H]1CN(C(=O)C2(NC(=O)c3ccc(N4CCN(C)CC4)cc3)CCCCC2)[C@@H]2C(=O)CO[C@H]12. The number of benzene rings is 1. The minimum atomic E-state index is -0.985. The molecule has 1 aromatic rings. The standard InChI is InChI=1S/C26H37N5O4/c1-27-20-16-31(22-21(32)17-35-23(20)22)25(34)26(10-4-3-5-11-26)28-24(33)18-6-8-19(9-7-18)30-14-12-29(2)13-15-30/h6-9,20,22-23,27H,3-5,10-17H2,1-2H3,(H,28,33)/t20-,22+,23+/m0/s1. The number of ether oxygens (including phenoxy) is 1. The number of rotatable bonds is 5. The van der Waals surface area contributed by atoms with Gasteiger partial charge in [0.25, 0.3) is 5.91 Å². The molecule has 4 aliphatic rings. The maximum atomic E-state index is 14.0. The normalized spacial score (nSPS) is 28.7. The number of carbonyl (C=O) groups is 3. The van der Waals surface area contributed by atoms with Crippen molar-refractivity contribution < 1.29 is 19.1 Å². The Labute approximate surface area is 207 Å². The topological polar surface area (TPSA) is 94.2 Å². The number of ketones is 1. The molecule has 3 aliphatic heterocycles. The van der Waals surface area contributed by atoms with Crippen molar-refractivity contribution in [1.82, 2.24) is 20.4 Å². The molecule has 9 heteroatoms. The molecule has 1 aliphatic carbocycles. The summed E-state index contributed by atoms with van der Waals surface area (Å²) in [6, 6.07) is 7.02. The molecular formula is C26H37N5O4. The van der Waals surface area contributed by atoms with E-state index in [1.807, 2.05) is 31.3 Å². The number of hydrogen-bond acceptors (Lipinski definition) is 7. The van der Waals surface area contributed by atoms with Crippen LogP contribution in [0.5, 0.6) is 0 Å². The summed E-state index contributed by atoms with van der Waals surface area (Å²) in [5.74, 6) is -0.441. The molecule has 2 amide bonds. The third kappa shape index (κ3) is 4.57. The van der Waals surface area contributed by atoms with E-state index in [4.69, 9.17) is 4.74 Å². The minimum absolute atomic E-state index is 0.0380. The number of amides is 2. The summed E-state index contributed by atoms with van der Waals surface area (Å²) in [5.41, 5.74) is 0.675. The summed E-state index contributed by atoms with van der Waals surface area (Å²) >= 11 is 0. The summed E-state index contributed by atoms with van der Waals surface area (Å²) in [6.45, 7) is 4.42. The van der Waals surface area contributed by atoms with Crippen molar-refractivity contribution in [1.29, 1.82) is 0 Å². The Bertz CT molecular complexity index is 953. The van der Waals surface area contributed by atoms with Gasteiger partial charge in [-0.25, -0.2) is 0 Å². The lowest BCUT2D eigenvalue weighted by molar-refractivity contribution is -0.143.